The molecular formula is C21H27N5OS. The van der Waals surface area contributed by atoms with Crippen molar-refractivity contribution >= 4 is 17.7 Å². The fourth-order valence-electron chi connectivity index (χ4n) is 3.67. The van der Waals surface area contributed by atoms with E-state index in [1.54, 1.807) is 0 Å². The number of hydrogen-bond donors (Lipinski definition) is 1. The van der Waals surface area contributed by atoms with E-state index in [0.717, 1.165) is 61.6 Å². The van der Waals surface area contributed by atoms with E-state index in [2.05, 4.69) is 52.1 Å². The highest BCUT2D eigenvalue weighted by Gasteiger charge is 2.33. The number of hydrogen-bond acceptors (Lipinski definition) is 5. The molecule has 0 bridgehead atoms. The number of nitrogens with zero attached hydrogens (tertiary/aromatic N) is 4. The molecule has 0 spiro atoms. The molecule has 7 heteroatoms. The first kappa shape index (κ1) is 20.4. The number of amides is 1. The summed E-state index contributed by atoms with van der Waals surface area (Å²) >= 11 is 1.38. The zero-order valence-corrected chi connectivity index (χ0v) is 17.4. The van der Waals surface area contributed by atoms with Crippen LogP contribution in [0.1, 0.15) is 51.0 Å². The molecule has 0 saturated heterocycles. The Kier molecular flexibility index (Phi) is 6.74. The molecule has 0 unspecified atom stereocenters. The average molecular weight is 398 g/mol. The molecular weight excluding hydrogens is 370 g/mol. The summed E-state index contributed by atoms with van der Waals surface area (Å²) in [5, 5.41) is 22.0. The lowest BCUT2D eigenvalue weighted by Crippen LogP contribution is -2.49. The van der Waals surface area contributed by atoms with Crippen LogP contribution in [0.2, 0.25) is 0 Å². The maximum Gasteiger partial charge on any atom is 0.231 e. The van der Waals surface area contributed by atoms with Crippen molar-refractivity contribution in [2.45, 2.75) is 69.6 Å². The van der Waals surface area contributed by atoms with Crippen LogP contribution in [0.5, 0.6) is 0 Å². The van der Waals surface area contributed by atoms with E-state index >= 15 is 0 Å². The number of nitriles is 1. The first-order chi connectivity index (χ1) is 13.6. The molecule has 1 amide bonds. The molecule has 0 aliphatic heterocycles. The van der Waals surface area contributed by atoms with Gasteiger partial charge in [-0.05, 0) is 32.3 Å². The zero-order valence-electron chi connectivity index (χ0n) is 16.6. The third-order valence-corrected chi connectivity index (χ3v) is 6.04. The fraction of sp³-hybridized carbons (Fsp3) is 0.524. The number of rotatable bonds is 7. The Morgan fingerprint density at radius 2 is 2.11 bits per heavy atom. The maximum atomic E-state index is 12.5. The van der Waals surface area contributed by atoms with Gasteiger partial charge in [-0.2, -0.15) is 5.26 Å². The minimum absolute atomic E-state index is 0.114. The lowest BCUT2D eigenvalue weighted by atomic mass is 9.83. The number of carbonyl (C=O) groups is 1. The van der Waals surface area contributed by atoms with Gasteiger partial charge in [0, 0.05) is 12.1 Å². The van der Waals surface area contributed by atoms with E-state index in [9.17, 15) is 10.1 Å². The van der Waals surface area contributed by atoms with Crippen molar-refractivity contribution in [1.82, 2.24) is 20.1 Å². The summed E-state index contributed by atoms with van der Waals surface area (Å²) in [7, 11) is 0. The Morgan fingerprint density at radius 1 is 1.32 bits per heavy atom. The van der Waals surface area contributed by atoms with E-state index < -0.39 is 5.54 Å². The minimum atomic E-state index is -0.695. The molecule has 1 aliphatic carbocycles. The van der Waals surface area contributed by atoms with Crippen LogP contribution >= 0.6 is 11.8 Å². The summed E-state index contributed by atoms with van der Waals surface area (Å²) in [4.78, 5) is 12.5. The van der Waals surface area contributed by atoms with Gasteiger partial charge in [0.15, 0.2) is 11.0 Å². The molecule has 3 rings (SSSR count). The van der Waals surface area contributed by atoms with E-state index in [1.807, 2.05) is 12.1 Å². The predicted molar refractivity (Wildman–Crippen MR) is 111 cm³/mol. The van der Waals surface area contributed by atoms with Gasteiger partial charge in [0.2, 0.25) is 5.91 Å². The van der Waals surface area contributed by atoms with Gasteiger partial charge in [0.05, 0.1) is 11.8 Å². The highest BCUT2D eigenvalue weighted by atomic mass is 32.2. The van der Waals surface area contributed by atoms with Crippen LogP contribution in [0.25, 0.3) is 11.4 Å². The average Bonchev–Trinajstić information content (AvgIpc) is 3.10. The van der Waals surface area contributed by atoms with Crippen molar-refractivity contribution in [2.75, 3.05) is 5.75 Å². The smallest absolute Gasteiger partial charge is 0.231 e. The Hall–Kier alpha value is -2.33. The van der Waals surface area contributed by atoms with Gasteiger partial charge in [-0.1, -0.05) is 61.7 Å². The molecule has 1 heterocycles. The molecule has 1 aromatic heterocycles. The van der Waals surface area contributed by atoms with Gasteiger partial charge >= 0.3 is 0 Å². The van der Waals surface area contributed by atoms with Crippen LogP contribution < -0.4 is 5.32 Å². The molecule has 148 valence electrons. The molecule has 1 aliphatic rings. The Labute approximate surface area is 170 Å². The summed E-state index contributed by atoms with van der Waals surface area (Å²) in [6.07, 6.45) is 5.55. The molecule has 28 heavy (non-hydrogen) atoms. The van der Waals surface area contributed by atoms with Gasteiger partial charge in [0.1, 0.15) is 5.54 Å². The van der Waals surface area contributed by atoms with Crippen LogP contribution in [0, 0.1) is 18.3 Å². The summed E-state index contributed by atoms with van der Waals surface area (Å²) in [5.74, 6) is 0.949. The Balaban J connectivity index is 1.70. The van der Waals surface area contributed by atoms with Crippen molar-refractivity contribution in [3.63, 3.8) is 0 Å². The fourth-order valence-corrected chi connectivity index (χ4v) is 4.44. The number of nitrogens with one attached hydrogen (secondary N) is 1. The van der Waals surface area contributed by atoms with Crippen molar-refractivity contribution in [3.05, 3.63) is 29.8 Å². The third-order valence-electron chi connectivity index (χ3n) is 5.07. The van der Waals surface area contributed by atoms with Crippen molar-refractivity contribution in [3.8, 4) is 17.5 Å². The first-order valence-electron chi connectivity index (χ1n) is 9.92. The second kappa shape index (κ2) is 9.24. The van der Waals surface area contributed by atoms with Crippen molar-refractivity contribution in [1.29, 1.82) is 5.26 Å². The van der Waals surface area contributed by atoms with E-state index in [4.69, 9.17) is 0 Å². The van der Waals surface area contributed by atoms with Crippen LogP contribution in [0.3, 0.4) is 0 Å². The summed E-state index contributed by atoms with van der Waals surface area (Å²) in [6, 6.07) is 10.5. The van der Waals surface area contributed by atoms with Gasteiger partial charge in [-0.25, -0.2) is 0 Å². The zero-order chi connectivity index (χ0) is 20.0. The number of aromatic nitrogens is 3. The van der Waals surface area contributed by atoms with Crippen LogP contribution in [-0.2, 0) is 11.3 Å². The number of carbonyl (C=O) groups excluding carboxylic acids is 1. The first-order valence-corrected chi connectivity index (χ1v) is 10.9. The van der Waals surface area contributed by atoms with E-state index in [0.29, 0.717) is 0 Å². The third kappa shape index (κ3) is 4.74. The Bertz CT molecular complexity index is 864. The quantitative estimate of drug-likeness (QED) is 0.711. The van der Waals surface area contributed by atoms with Gasteiger partial charge in [-0.3, -0.25) is 4.79 Å². The molecule has 1 fully saturated rings. The molecule has 6 nitrogen and oxygen atoms in total. The molecule has 0 atom stereocenters. The summed E-state index contributed by atoms with van der Waals surface area (Å²) in [6.45, 7) is 4.96. The molecule has 1 aromatic carbocycles. The Morgan fingerprint density at radius 3 is 2.79 bits per heavy atom. The van der Waals surface area contributed by atoms with Crippen LogP contribution in [0.4, 0.5) is 0 Å². The van der Waals surface area contributed by atoms with Gasteiger partial charge in [0.25, 0.3) is 0 Å². The van der Waals surface area contributed by atoms with Gasteiger partial charge in [-0.15, -0.1) is 10.2 Å². The van der Waals surface area contributed by atoms with E-state index in [1.165, 1.54) is 17.3 Å². The lowest BCUT2D eigenvalue weighted by molar-refractivity contribution is -0.120. The largest absolute Gasteiger partial charge is 0.337 e. The monoisotopic (exact) mass is 397 g/mol. The van der Waals surface area contributed by atoms with Crippen molar-refractivity contribution < 1.29 is 4.79 Å². The minimum Gasteiger partial charge on any atom is -0.337 e. The normalized spacial score (nSPS) is 15.8. The SMILES string of the molecule is CCCn1c(SCC(=O)NC2(C#N)CCCCC2)nnc1-c1cccc(C)c1. The van der Waals surface area contributed by atoms with Crippen LogP contribution in [0.15, 0.2) is 29.4 Å². The highest BCUT2D eigenvalue weighted by Crippen LogP contribution is 2.28. The maximum absolute atomic E-state index is 12.5. The standard InChI is InChI=1S/C21H27N5OS/c1-3-12-26-19(17-9-7-8-16(2)13-17)24-25-20(26)28-14-18(27)23-21(15-22)10-5-4-6-11-21/h7-9,13H,3-6,10-12,14H2,1-2H3,(H,23,27). The molecule has 2 aromatic rings. The summed E-state index contributed by atoms with van der Waals surface area (Å²) < 4.78 is 2.08. The highest BCUT2D eigenvalue weighted by molar-refractivity contribution is 7.99. The molecule has 1 N–H and O–H groups in total. The topological polar surface area (TPSA) is 83.6 Å². The van der Waals surface area contributed by atoms with E-state index in [-0.39, 0.29) is 11.7 Å². The second-order valence-corrected chi connectivity index (χ2v) is 8.36. The second-order valence-electron chi connectivity index (χ2n) is 7.42. The summed E-state index contributed by atoms with van der Waals surface area (Å²) in [5.41, 5.74) is 1.51. The van der Waals surface area contributed by atoms with Crippen molar-refractivity contribution in [2.24, 2.45) is 0 Å². The number of benzene rings is 1. The van der Waals surface area contributed by atoms with Crippen LogP contribution in [-0.4, -0.2) is 32.0 Å². The predicted octanol–water partition coefficient (Wildman–Crippen LogP) is 4.10. The lowest BCUT2D eigenvalue weighted by Gasteiger charge is -2.31. The number of thioether (sulfide) groups is 1. The van der Waals surface area contributed by atoms with Gasteiger partial charge < -0.3 is 9.88 Å². The molecule has 1 saturated carbocycles. The number of aryl methyl sites for hydroxylation is 1. The molecule has 0 radical (unpaired) electrons.